The van der Waals surface area contributed by atoms with Gasteiger partial charge >= 0.3 is 0 Å². The smallest absolute Gasteiger partial charge is 0.0925 e. The molecule has 0 saturated heterocycles. The molecule has 0 radical (unpaired) electrons. The standard InChI is InChI=1S/C8H13N3/c1-5-8(11-4-10-5)7-2-6(7)3-9/h4,6-7H,2-3,9H2,1H3,(H,10,11). The Kier molecular flexibility index (Phi) is 1.46. The van der Waals surface area contributed by atoms with Crippen molar-refractivity contribution in [1.82, 2.24) is 9.97 Å². The lowest BCUT2D eigenvalue weighted by Gasteiger charge is -1.93. The highest BCUT2D eigenvalue weighted by molar-refractivity contribution is 5.22. The lowest BCUT2D eigenvalue weighted by atomic mass is 10.2. The molecule has 2 atom stereocenters. The molecule has 11 heavy (non-hydrogen) atoms. The Morgan fingerprint density at radius 2 is 2.64 bits per heavy atom. The predicted octanol–water partition coefficient (Wildman–Crippen LogP) is 0.780. The van der Waals surface area contributed by atoms with Crippen molar-refractivity contribution < 1.29 is 0 Å². The number of hydrogen-bond acceptors (Lipinski definition) is 2. The van der Waals surface area contributed by atoms with Gasteiger partial charge in [0.25, 0.3) is 0 Å². The Hall–Kier alpha value is -0.830. The fourth-order valence-electron chi connectivity index (χ4n) is 1.59. The van der Waals surface area contributed by atoms with Gasteiger partial charge in [0, 0.05) is 11.6 Å². The number of imidazole rings is 1. The molecule has 0 amide bonds. The van der Waals surface area contributed by atoms with E-state index in [4.69, 9.17) is 5.73 Å². The van der Waals surface area contributed by atoms with Gasteiger partial charge in [0.15, 0.2) is 0 Å². The van der Waals surface area contributed by atoms with E-state index in [1.54, 1.807) is 6.33 Å². The summed E-state index contributed by atoms with van der Waals surface area (Å²) in [7, 11) is 0. The molecule has 0 aliphatic heterocycles. The molecule has 0 bridgehead atoms. The topological polar surface area (TPSA) is 54.7 Å². The molecule has 3 nitrogen and oxygen atoms in total. The Morgan fingerprint density at radius 1 is 1.82 bits per heavy atom. The summed E-state index contributed by atoms with van der Waals surface area (Å²) in [6.07, 6.45) is 2.98. The van der Waals surface area contributed by atoms with E-state index in [0.29, 0.717) is 11.8 Å². The number of hydrogen-bond donors (Lipinski definition) is 2. The van der Waals surface area contributed by atoms with Crippen molar-refractivity contribution in [2.75, 3.05) is 6.54 Å². The van der Waals surface area contributed by atoms with Crippen LogP contribution < -0.4 is 5.73 Å². The second-order valence-electron chi connectivity index (χ2n) is 3.25. The van der Waals surface area contributed by atoms with E-state index in [0.717, 1.165) is 6.54 Å². The van der Waals surface area contributed by atoms with Crippen molar-refractivity contribution in [3.05, 3.63) is 17.7 Å². The zero-order chi connectivity index (χ0) is 7.84. The Bertz CT molecular complexity index is 254. The first kappa shape index (κ1) is 6.85. The van der Waals surface area contributed by atoms with Crippen LogP contribution in [0, 0.1) is 12.8 Å². The lowest BCUT2D eigenvalue weighted by Crippen LogP contribution is -2.02. The van der Waals surface area contributed by atoms with E-state index in [1.807, 2.05) is 0 Å². The molecular weight excluding hydrogens is 138 g/mol. The molecule has 1 heterocycles. The molecule has 3 N–H and O–H groups in total. The summed E-state index contributed by atoms with van der Waals surface area (Å²) < 4.78 is 0. The van der Waals surface area contributed by atoms with Crippen molar-refractivity contribution in [2.45, 2.75) is 19.3 Å². The van der Waals surface area contributed by atoms with E-state index in [-0.39, 0.29) is 0 Å². The quantitative estimate of drug-likeness (QED) is 0.656. The van der Waals surface area contributed by atoms with Gasteiger partial charge in [-0.05, 0) is 25.8 Å². The van der Waals surface area contributed by atoms with Gasteiger partial charge in [0.2, 0.25) is 0 Å². The molecule has 3 heteroatoms. The molecule has 1 aliphatic carbocycles. The van der Waals surface area contributed by atoms with Crippen LogP contribution in [0.3, 0.4) is 0 Å². The van der Waals surface area contributed by atoms with Crippen LogP contribution in [0.1, 0.15) is 23.7 Å². The van der Waals surface area contributed by atoms with Gasteiger partial charge in [-0.15, -0.1) is 0 Å². The number of H-pyrrole nitrogens is 1. The first-order chi connectivity index (χ1) is 5.33. The maximum Gasteiger partial charge on any atom is 0.0925 e. The van der Waals surface area contributed by atoms with E-state index in [1.165, 1.54) is 17.8 Å². The number of nitrogens with one attached hydrogen (secondary N) is 1. The summed E-state index contributed by atoms with van der Waals surface area (Å²) in [4.78, 5) is 7.35. The SMILES string of the molecule is Cc1[nH]cnc1C1CC1CN. The monoisotopic (exact) mass is 151 g/mol. The molecule has 1 fully saturated rings. The molecule has 0 spiro atoms. The van der Waals surface area contributed by atoms with E-state index < -0.39 is 0 Å². The van der Waals surface area contributed by atoms with Crippen molar-refractivity contribution in [1.29, 1.82) is 0 Å². The van der Waals surface area contributed by atoms with Gasteiger partial charge in [-0.1, -0.05) is 0 Å². The number of rotatable bonds is 2. The number of nitrogens with zero attached hydrogens (tertiary/aromatic N) is 1. The van der Waals surface area contributed by atoms with Crippen LogP contribution in [0.5, 0.6) is 0 Å². The number of aromatic nitrogens is 2. The van der Waals surface area contributed by atoms with Gasteiger partial charge in [-0.3, -0.25) is 0 Å². The third-order valence-corrected chi connectivity index (χ3v) is 2.45. The summed E-state index contributed by atoms with van der Waals surface area (Å²) in [5.41, 5.74) is 7.96. The maximum atomic E-state index is 5.54. The van der Waals surface area contributed by atoms with Crippen LogP contribution in [-0.2, 0) is 0 Å². The van der Waals surface area contributed by atoms with Gasteiger partial charge in [0.05, 0.1) is 12.0 Å². The van der Waals surface area contributed by atoms with Crippen LogP contribution in [0.2, 0.25) is 0 Å². The van der Waals surface area contributed by atoms with Crippen LogP contribution >= 0.6 is 0 Å². The molecule has 1 aromatic rings. The van der Waals surface area contributed by atoms with Crippen LogP contribution in [0.4, 0.5) is 0 Å². The molecule has 0 aromatic carbocycles. The summed E-state index contributed by atoms with van der Waals surface area (Å²) in [5, 5.41) is 0. The minimum absolute atomic E-state index is 0.645. The number of aromatic amines is 1. The lowest BCUT2D eigenvalue weighted by molar-refractivity contribution is 0.797. The highest BCUT2D eigenvalue weighted by atomic mass is 14.9. The molecule has 1 saturated carbocycles. The van der Waals surface area contributed by atoms with E-state index in [2.05, 4.69) is 16.9 Å². The molecular formula is C8H13N3. The molecule has 2 unspecified atom stereocenters. The van der Waals surface area contributed by atoms with E-state index >= 15 is 0 Å². The summed E-state index contributed by atoms with van der Waals surface area (Å²) >= 11 is 0. The first-order valence-corrected chi connectivity index (χ1v) is 4.03. The largest absolute Gasteiger partial charge is 0.348 e. The number of nitrogens with two attached hydrogens (primary N) is 1. The molecule has 60 valence electrons. The van der Waals surface area contributed by atoms with Crippen molar-refractivity contribution in [3.63, 3.8) is 0 Å². The minimum atomic E-state index is 0.645. The Morgan fingerprint density at radius 3 is 3.09 bits per heavy atom. The van der Waals surface area contributed by atoms with Gasteiger partial charge in [0.1, 0.15) is 0 Å². The molecule has 2 rings (SSSR count). The Balaban J connectivity index is 2.14. The van der Waals surface area contributed by atoms with E-state index in [9.17, 15) is 0 Å². The Labute approximate surface area is 66.0 Å². The van der Waals surface area contributed by atoms with Crippen LogP contribution in [-0.4, -0.2) is 16.5 Å². The second kappa shape index (κ2) is 2.34. The van der Waals surface area contributed by atoms with Crippen molar-refractivity contribution in [3.8, 4) is 0 Å². The average Bonchev–Trinajstić information content (AvgIpc) is 2.68. The van der Waals surface area contributed by atoms with Crippen molar-refractivity contribution in [2.24, 2.45) is 11.7 Å². The summed E-state index contributed by atoms with van der Waals surface area (Å²) in [6, 6.07) is 0. The van der Waals surface area contributed by atoms with Crippen molar-refractivity contribution >= 4 is 0 Å². The fraction of sp³-hybridized carbons (Fsp3) is 0.625. The minimum Gasteiger partial charge on any atom is -0.348 e. The zero-order valence-corrected chi connectivity index (χ0v) is 6.67. The van der Waals surface area contributed by atoms with Crippen LogP contribution in [0.25, 0.3) is 0 Å². The normalized spacial score (nSPS) is 28.9. The molecule has 1 aliphatic rings. The summed E-state index contributed by atoms with van der Waals surface area (Å²) in [6.45, 7) is 2.87. The summed E-state index contributed by atoms with van der Waals surface area (Å²) in [5.74, 6) is 1.34. The third-order valence-electron chi connectivity index (χ3n) is 2.45. The maximum absolute atomic E-state index is 5.54. The number of aryl methyl sites for hydroxylation is 1. The van der Waals surface area contributed by atoms with Gasteiger partial charge in [-0.25, -0.2) is 4.98 Å². The second-order valence-corrected chi connectivity index (χ2v) is 3.25. The highest BCUT2D eigenvalue weighted by Gasteiger charge is 2.39. The van der Waals surface area contributed by atoms with Gasteiger partial charge in [-0.2, -0.15) is 0 Å². The predicted molar refractivity (Wildman–Crippen MR) is 43.2 cm³/mol. The third kappa shape index (κ3) is 1.05. The first-order valence-electron chi connectivity index (χ1n) is 4.03. The molecule has 1 aromatic heterocycles. The van der Waals surface area contributed by atoms with Crippen LogP contribution in [0.15, 0.2) is 6.33 Å². The highest BCUT2D eigenvalue weighted by Crippen LogP contribution is 2.46. The van der Waals surface area contributed by atoms with Gasteiger partial charge < -0.3 is 10.7 Å². The fourth-order valence-corrected chi connectivity index (χ4v) is 1.59. The average molecular weight is 151 g/mol. The zero-order valence-electron chi connectivity index (χ0n) is 6.67.